The molecule has 1 aliphatic rings. The maximum Gasteiger partial charge on any atom is 0.242 e. The number of amides is 2. The number of thiazole rings is 1. The van der Waals surface area contributed by atoms with Crippen LogP contribution in [-0.4, -0.2) is 41.3 Å². The van der Waals surface area contributed by atoms with Gasteiger partial charge in [0.1, 0.15) is 6.04 Å². The quantitative estimate of drug-likeness (QED) is 0.819. The zero-order valence-electron chi connectivity index (χ0n) is 13.7. The highest BCUT2D eigenvalue weighted by Gasteiger charge is 2.29. The van der Waals surface area contributed by atoms with Crippen molar-refractivity contribution in [3.8, 4) is 10.4 Å². The van der Waals surface area contributed by atoms with E-state index >= 15 is 0 Å². The van der Waals surface area contributed by atoms with E-state index < -0.39 is 0 Å². The Bertz CT molecular complexity index is 711. The van der Waals surface area contributed by atoms with Crippen LogP contribution >= 0.6 is 11.3 Å². The van der Waals surface area contributed by atoms with E-state index in [-0.39, 0.29) is 11.9 Å². The second-order valence-corrected chi connectivity index (χ2v) is 6.86. The highest BCUT2D eigenvalue weighted by Crippen LogP contribution is 2.27. The van der Waals surface area contributed by atoms with E-state index in [1.807, 2.05) is 12.4 Å². The molecule has 3 rings (SSSR count). The van der Waals surface area contributed by atoms with Crippen molar-refractivity contribution in [2.75, 3.05) is 13.1 Å². The van der Waals surface area contributed by atoms with Crippen molar-refractivity contribution < 1.29 is 9.59 Å². The van der Waals surface area contributed by atoms with Gasteiger partial charge in [-0.3, -0.25) is 9.59 Å². The first kappa shape index (κ1) is 16.6. The number of carbonyl (C=O) groups excluding carboxylic acids is 2. The van der Waals surface area contributed by atoms with Crippen LogP contribution in [0.1, 0.15) is 24.1 Å². The van der Waals surface area contributed by atoms with Crippen molar-refractivity contribution in [1.29, 1.82) is 0 Å². The molecule has 1 saturated heterocycles. The standard InChI is InChI=1S/C18H21N3O2S/c1-13-17(24-11-20-13)15-6-4-14(5-7-15)8-9-19-18(23)16-3-2-10-21(16)12-22/h4-7,11-12,16H,2-3,8-10H2,1H3,(H,19,23). The van der Waals surface area contributed by atoms with Gasteiger partial charge in [0.25, 0.3) is 0 Å². The Morgan fingerprint density at radius 1 is 1.42 bits per heavy atom. The molecule has 1 atom stereocenters. The first-order valence-corrected chi connectivity index (χ1v) is 9.05. The van der Waals surface area contributed by atoms with E-state index in [0.717, 1.165) is 31.4 Å². The lowest BCUT2D eigenvalue weighted by Gasteiger charge is -2.19. The molecule has 0 bridgehead atoms. The predicted molar refractivity (Wildman–Crippen MR) is 94.8 cm³/mol. The first-order chi connectivity index (χ1) is 11.7. The van der Waals surface area contributed by atoms with Crippen LogP contribution in [0.25, 0.3) is 10.4 Å². The summed E-state index contributed by atoms with van der Waals surface area (Å²) >= 11 is 1.65. The van der Waals surface area contributed by atoms with Crippen molar-refractivity contribution in [1.82, 2.24) is 15.2 Å². The predicted octanol–water partition coefficient (Wildman–Crippen LogP) is 2.40. The average molecular weight is 343 g/mol. The maximum absolute atomic E-state index is 12.1. The van der Waals surface area contributed by atoms with Gasteiger partial charge in [-0.2, -0.15) is 0 Å². The van der Waals surface area contributed by atoms with Gasteiger partial charge in [0, 0.05) is 13.1 Å². The van der Waals surface area contributed by atoms with Gasteiger partial charge < -0.3 is 10.2 Å². The fourth-order valence-corrected chi connectivity index (χ4v) is 3.86. The summed E-state index contributed by atoms with van der Waals surface area (Å²) in [5, 5.41) is 2.94. The number of nitrogens with one attached hydrogen (secondary N) is 1. The summed E-state index contributed by atoms with van der Waals surface area (Å²) in [5.74, 6) is -0.0449. The van der Waals surface area contributed by atoms with Crippen LogP contribution in [0.4, 0.5) is 0 Å². The van der Waals surface area contributed by atoms with E-state index in [1.54, 1.807) is 16.2 Å². The molecule has 24 heavy (non-hydrogen) atoms. The summed E-state index contributed by atoms with van der Waals surface area (Å²) in [6, 6.07) is 8.09. The number of hydrogen-bond donors (Lipinski definition) is 1. The number of likely N-dealkylation sites (tertiary alicyclic amines) is 1. The van der Waals surface area contributed by atoms with Gasteiger partial charge in [-0.25, -0.2) is 4.98 Å². The molecule has 2 heterocycles. The van der Waals surface area contributed by atoms with Crippen LogP contribution in [0.15, 0.2) is 29.8 Å². The van der Waals surface area contributed by atoms with Gasteiger partial charge >= 0.3 is 0 Å². The highest BCUT2D eigenvalue weighted by molar-refractivity contribution is 7.13. The summed E-state index contributed by atoms with van der Waals surface area (Å²) < 4.78 is 0. The van der Waals surface area contributed by atoms with Crippen LogP contribution in [0.2, 0.25) is 0 Å². The Kier molecular flexibility index (Phi) is 5.25. The van der Waals surface area contributed by atoms with Crippen LogP contribution < -0.4 is 5.32 Å². The molecule has 1 fully saturated rings. The molecule has 6 heteroatoms. The van der Waals surface area contributed by atoms with Crippen molar-refractivity contribution in [3.05, 3.63) is 41.0 Å². The Morgan fingerprint density at radius 3 is 2.88 bits per heavy atom. The third kappa shape index (κ3) is 3.64. The van der Waals surface area contributed by atoms with Crippen LogP contribution in [0, 0.1) is 6.92 Å². The van der Waals surface area contributed by atoms with Crippen LogP contribution in [0.3, 0.4) is 0 Å². The van der Waals surface area contributed by atoms with Gasteiger partial charge in [0.05, 0.1) is 16.1 Å². The van der Waals surface area contributed by atoms with E-state index in [2.05, 4.69) is 34.6 Å². The normalized spacial score (nSPS) is 17.0. The molecule has 1 aromatic heterocycles. The molecular formula is C18H21N3O2S. The fourth-order valence-electron chi connectivity index (χ4n) is 3.05. The number of aryl methyl sites for hydroxylation is 1. The van der Waals surface area contributed by atoms with Crippen molar-refractivity contribution in [3.63, 3.8) is 0 Å². The third-order valence-corrected chi connectivity index (χ3v) is 5.38. The molecule has 1 aromatic carbocycles. The minimum atomic E-state index is -0.292. The topological polar surface area (TPSA) is 62.3 Å². The Labute approximate surface area is 145 Å². The molecule has 1 aliphatic heterocycles. The van der Waals surface area contributed by atoms with E-state index in [0.29, 0.717) is 13.1 Å². The lowest BCUT2D eigenvalue weighted by atomic mass is 10.1. The Morgan fingerprint density at radius 2 is 2.21 bits per heavy atom. The molecule has 0 saturated carbocycles. The number of aromatic nitrogens is 1. The minimum Gasteiger partial charge on any atom is -0.354 e. The number of benzene rings is 1. The lowest BCUT2D eigenvalue weighted by Crippen LogP contribution is -2.43. The molecule has 2 amide bonds. The van der Waals surface area contributed by atoms with Gasteiger partial charge in [0.2, 0.25) is 12.3 Å². The van der Waals surface area contributed by atoms with Gasteiger partial charge in [-0.05, 0) is 37.3 Å². The molecule has 0 radical (unpaired) electrons. The van der Waals surface area contributed by atoms with E-state index in [1.165, 1.54) is 16.0 Å². The third-order valence-electron chi connectivity index (χ3n) is 4.41. The summed E-state index contributed by atoms with van der Waals surface area (Å²) in [6.07, 6.45) is 3.21. The number of carbonyl (C=O) groups is 2. The fraction of sp³-hybridized carbons (Fsp3) is 0.389. The summed E-state index contributed by atoms with van der Waals surface area (Å²) in [7, 11) is 0. The summed E-state index contributed by atoms with van der Waals surface area (Å²) in [4.78, 5) is 30.1. The van der Waals surface area contributed by atoms with Gasteiger partial charge in [0.15, 0.2) is 0 Å². The molecule has 126 valence electrons. The smallest absolute Gasteiger partial charge is 0.242 e. The van der Waals surface area contributed by atoms with Crippen LogP contribution in [-0.2, 0) is 16.0 Å². The molecular weight excluding hydrogens is 322 g/mol. The zero-order chi connectivity index (χ0) is 16.9. The highest BCUT2D eigenvalue weighted by atomic mass is 32.1. The average Bonchev–Trinajstić information content (AvgIpc) is 3.24. The van der Waals surface area contributed by atoms with Gasteiger partial charge in [-0.1, -0.05) is 24.3 Å². The number of rotatable bonds is 6. The van der Waals surface area contributed by atoms with Crippen LogP contribution in [0.5, 0.6) is 0 Å². The molecule has 0 spiro atoms. The van der Waals surface area contributed by atoms with Crippen molar-refractivity contribution in [2.45, 2.75) is 32.2 Å². The Balaban J connectivity index is 1.51. The van der Waals surface area contributed by atoms with E-state index in [4.69, 9.17) is 0 Å². The minimum absolute atomic E-state index is 0.0449. The lowest BCUT2D eigenvalue weighted by molar-refractivity contribution is -0.131. The number of hydrogen-bond acceptors (Lipinski definition) is 4. The SMILES string of the molecule is Cc1ncsc1-c1ccc(CCNC(=O)C2CCCN2C=O)cc1. The first-order valence-electron chi connectivity index (χ1n) is 8.17. The van der Waals surface area contributed by atoms with E-state index in [9.17, 15) is 9.59 Å². The molecule has 1 N–H and O–H groups in total. The summed E-state index contributed by atoms with van der Waals surface area (Å²) in [6.45, 7) is 3.28. The molecule has 1 unspecified atom stereocenters. The largest absolute Gasteiger partial charge is 0.354 e. The second-order valence-electron chi connectivity index (χ2n) is 6.01. The summed E-state index contributed by atoms with van der Waals surface area (Å²) in [5.41, 5.74) is 5.27. The van der Waals surface area contributed by atoms with Crippen molar-refractivity contribution >= 4 is 23.7 Å². The van der Waals surface area contributed by atoms with Crippen molar-refractivity contribution in [2.24, 2.45) is 0 Å². The number of nitrogens with zero attached hydrogens (tertiary/aromatic N) is 2. The zero-order valence-corrected chi connectivity index (χ0v) is 14.5. The molecule has 0 aliphatic carbocycles. The molecule has 5 nitrogen and oxygen atoms in total. The second kappa shape index (κ2) is 7.57. The monoisotopic (exact) mass is 343 g/mol. The van der Waals surface area contributed by atoms with Gasteiger partial charge in [-0.15, -0.1) is 11.3 Å². The maximum atomic E-state index is 12.1. The molecule has 2 aromatic rings. The Hall–Kier alpha value is -2.21.